The average molecular weight is 294 g/mol. The largest absolute Gasteiger partial charge is 0.397 e. The van der Waals surface area contributed by atoms with Gasteiger partial charge in [0.25, 0.3) is 0 Å². The summed E-state index contributed by atoms with van der Waals surface area (Å²) in [4.78, 5) is 16.4. The maximum absolute atomic E-state index is 12.2. The number of amides is 1. The van der Waals surface area contributed by atoms with E-state index in [2.05, 4.69) is 15.4 Å². The van der Waals surface area contributed by atoms with Crippen molar-refractivity contribution in [3.05, 3.63) is 34.9 Å². The van der Waals surface area contributed by atoms with Crippen LogP contribution >= 0.6 is 11.6 Å². The quantitative estimate of drug-likeness (QED) is 0.851. The molecule has 2 aromatic rings. The molecule has 0 aliphatic heterocycles. The summed E-state index contributed by atoms with van der Waals surface area (Å²) in [6, 6.07) is 4.45. The number of anilines is 2. The molecule has 1 aromatic carbocycles. The summed E-state index contributed by atoms with van der Waals surface area (Å²) >= 11 is 5.82. The number of hydrogen-bond acceptors (Lipinski definition) is 4. The SMILES string of the molecule is Cc1nc(C)n(C(C)C(=O)Nc2ccc(Cl)cc2N)n1. The molecule has 0 aliphatic carbocycles. The lowest BCUT2D eigenvalue weighted by Crippen LogP contribution is -2.25. The Labute approximate surface area is 121 Å². The van der Waals surface area contributed by atoms with Crippen LogP contribution in [0.25, 0.3) is 0 Å². The summed E-state index contributed by atoms with van der Waals surface area (Å²) in [5.74, 6) is 1.11. The number of rotatable bonds is 3. The molecule has 7 heteroatoms. The fourth-order valence-electron chi connectivity index (χ4n) is 1.90. The molecule has 1 heterocycles. The smallest absolute Gasteiger partial charge is 0.249 e. The number of carbonyl (C=O) groups is 1. The second-order valence-electron chi connectivity index (χ2n) is 4.55. The van der Waals surface area contributed by atoms with Crippen LogP contribution in [0.3, 0.4) is 0 Å². The number of nitrogens with two attached hydrogens (primary N) is 1. The standard InChI is InChI=1S/C13H16ClN5O/c1-7(19-9(3)16-8(2)18-19)13(20)17-12-5-4-10(14)6-11(12)15/h4-7H,15H2,1-3H3,(H,17,20). The number of hydrogen-bond donors (Lipinski definition) is 2. The molecule has 0 radical (unpaired) electrons. The highest BCUT2D eigenvalue weighted by molar-refractivity contribution is 6.31. The van der Waals surface area contributed by atoms with Crippen molar-refractivity contribution in [2.45, 2.75) is 26.8 Å². The van der Waals surface area contributed by atoms with Gasteiger partial charge in [-0.25, -0.2) is 9.67 Å². The van der Waals surface area contributed by atoms with Crippen molar-refractivity contribution in [3.63, 3.8) is 0 Å². The van der Waals surface area contributed by atoms with Crippen molar-refractivity contribution in [1.82, 2.24) is 14.8 Å². The fraction of sp³-hybridized carbons (Fsp3) is 0.308. The van der Waals surface area contributed by atoms with Gasteiger partial charge in [-0.05, 0) is 39.0 Å². The van der Waals surface area contributed by atoms with E-state index in [-0.39, 0.29) is 5.91 Å². The molecule has 0 spiro atoms. The van der Waals surface area contributed by atoms with E-state index in [0.717, 1.165) is 0 Å². The van der Waals surface area contributed by atoms with Gasteiger partial charge in [-0.1, -0.05) is 11.6 Å². The van der Waals surface area contributed by atoms with Crippen molar-refractivity contribution >= 4 is 28.9 Å². The molecule has 20 heavy (non-hydrogen) atoms. The fourth-order valence-corrected chi connectivity index (χ4v) is 2.08. The van der Waals surface area contributed by atoms with E-state index in [9.17, 15) is 4.79 Å². The van der Waals surface area contributed by atoms with E-state index in [4.69, 9.17) is 17.3 Å². The number of carbonyl (C=O) groups excluding carboxylic acids is 1. The summed E-state index contributed by atoms with van der Waals surface area (Å²) in [6.07, 6.45) is 0. The van der Waals surface area contributed by atoms with Crippen LogP contribution in [0, 0.1) is 13.8 Å². The molecule has 3 N–H and O–H groups in total. The first kappa shape index (κ1) is 14.3. The van der Waals surface area contributed by atoms with E-state index < -0.39 is 6.04 Å². The van der Waals surface area contributed by atoms with Crippen LogP contribution in [0.4, 0.5) is 11.4 Å². The number of nitrogens with zero attached hydrogens (tertiary/aromatic N) is 3. The molecule has 0 bridgehead atoms. The van der Waals surface area contributed by atoms with Gasteiger partial charge in [0.1, 0.15) is 17.7 Å². The summed E-state index contributed by atoms with van der Waals surface area (Å²) in [6.45, 7) is 5.34. The minimum Gasteiger partial charge on any atom is -0.397 e. The highest BCUT2D eigenvalue weighted by Crippen LogP contribution is 2.23. The molecule has 1 unspecified atom stereocenters. The second kappa shape index (κ2) is 5.50. The maximum Gasteiger partial charge on any atom is 0.249 e. The molecule has 0 saturated carbocycles. The normalized spacial score (nSPS) is 12.2. The second-order valence-corrected chi connectivity index (χ2v) is 4.98. The molecule has 0 saturated heterocycles. The summed E-state index contributed by atoms with van der Waals surface area (Å²) < 4.78 is 1.58. The van der Waals surface area contributed by atoms with Crippen LogP contribution in [-0.2, 0) is 4.79 Å². The Kier molecular flexibility index (Phi) is 3.94. The molecular formula is C13H16ClN5O. The first-order valence-electron chi connectivity index (χ1n) is 6.14. The Balaban J connectivity index is 2.17. The minimum absolute atomic E-state index is 0.216. The van der Waals surface area contributed by atoms with Gasteiger partial charge in [0, 0.05) is 5.02 Å². The molecule has 1 aromatic heterocycles. The highest BCUT2D eigenvalue weighted by Gasteiger charge is 2.19. The number of benzene rings is 1. The molecule has 2 rings (SSSR count). The minimum atomic E-state index is -0.480. The van der Waals surface area contributed by atoms with Gasteiger partial charge in [0.15, 0.2) is 0 Å². The topological polar surface area (TPSA) is 85.8 Å². The van der Waals surface area contributed by atoms with Gasteiger partial charge in [-0.15, -0.1) is 0 Å². The van der Waals surface area contributed by atoms with Crippen LogP contribution in [0.1, 0.15) is 24.6 Å². The lowest BCUT2D eigenvalue weighted by Gasteiger charge is -2.14. The summed E-state index contributed by atoms with van der Waals surface area (Å²) in [5.41, 5.74) is 6.76. The predicted octanol–water partition coefficient (Wildman–Crippen LogP) is 2.33. The predicted molar refractivity (Wildman–Crippen MR) is 78.7 cm³/mol. The van der Waals surface area contributed by atoms with Crippen LogP contribution in [0.2, 0.25) is 5.02 Å². The third-order valence-corrected chi connectivity index (χ3v) is 3.16. The van der Waals surface area contributed by atoms with Crippen molar-refractivity contribution < 1.29 is 4.79 Å². The molecular weight excluding hydrogens is 278 g/mol. The lowest BCUT2D eigenvalue weighted by atomic mass is 10.2. The number of aromatic nitrogens is 3. The zero-order valence-corrected chi connectivity index (χ0v) is 12.3. The van der Waals surface area contributed by atoms with Crippen molar-refractivity contribution in [1.29, 1.82) is 0 Å². The van der Waals surface area contributed by atoms with Gasteiger partial charge in [-0.3, -0.25) is 4.79 Å². The summed E-state index contributed by atoms with van der Waals surface area (Å²) in [5, 5.41) is 7.49. The Bertz CT molecular complexity index is 652. The van der Waals surface area contributed by atoms with Gasteiger partial charge in [0.2, 0.25) is 5.91 Å². The van der Waals surface area contributed by atoms with Crippen molar-refractivity contribution in [2.24, 2.45) is 0 Å². The highest BCUT2D eigenvalue weighted by atomic mass is 35.5. The third kappa shape index (κ3) is 2.91. The average Bonchev–Trinajstić information content (AvgIpc) is 2.71. The van der Waals surface area contributed by atoms with E-state index in [1.165, 1.54) is 0 Å². The Morgan fingerprint density at radius 1 is 1.45 bits per heavy atom. The third-order valence-electron chi connectivity index (χ3n) is 2.93. The lowest BCUT2D eigenvalue weighted by molar-refractivity contribution is -0.119. The maximum atomic E-state index is 12.2. The Morgan fingerprint density at radius 2 is 2.15 bits per heavy atom. The molecule has 0 aliphatic rings. The number of aryl methyl sites for hydroxylation is 2. The first-order chi connectivity index (χ1) is 9.38. The van der Waals surface area contributed by atoms with Gasteiger partial charge < -0.3 is 11.1 Å². The van der Waals surface area contributed by atoms with E-state index in [1.54, 1.807) is 43.7 Å². The van der Waals surface area contributed by atoms with E-state index >= 15 is 0 Å². The van der Waals surface area contributed by atoms with Gasteiger partial charge in [0.05, 0.1) is 11.4 Å². The van der Waals surface area contributed by atoms with Gasteiger partial charge >= 0.3 is 0 Å². The Morgan fingerprint density at radius 3 is 2.70 bits per heavy atom. The van der Waals surface area contributed by atoms with E-state index in [0.29, 0.717) is 28.0 Å². The molecule has 106 valence electrons. The molecule has 6 nitrogen and oxygen atoms in total. The molecule has 1 amide bonds. The van der Waals surface area contributed by atoms with Crippen molar-refractivity contribution in [3.8, 4) is 0 Å². The zero-order valence-electron chi connectivity index (χ0n) is 11.5. The zero-order chi connectivity index (χ0) is 14.9. The van der Waals surface area contributed by atoms with Crippen LogP contribution in [0.15, 0.2) is 18.2 Å². The number of nitrogens with one attached hydrogen (secondary N) is 1. The van der Waals surface area contributed by atoms with Crippen LogP contribution in [-0.4, -0.2) is 20.7 Å². The number of halogens is 1. The number of nitrogen functional groups attached to an aromatic ring is 1. The molecule has 1 atom stereocenters. The molecule has 0 fully saturated rings. The van der Waals surface area contributed by atoms with Gasteiger partial charge in [-0.2, -0.15) is 5.10 Å². The first-order valence-corrected chi connectivity index (χ1v) is 6.52. The Hall–Kier alpha value is -2.08. The van der Waals surface area contributed by atoms with Crippen LogP contribution < -0.4 is 11.1 Å². The monoisotopic (exact) mass is 293 g/mol. The van der Waals surface area contributed by atoms with E-state index in [1.807, 2.05) is 0 Å². The van der Waals surface area contributed by atoms with Crippen molar-refractivity contribution in [2.75, 3.05) is 11.1 Å². The summed E-state index contributed by atoms with van der Waals surface area (Å²) in [7, 11) is 0. The van der Waals surface area contributed by atoms with Crippen LogP contribution in [0.5, 0.6) is 0 Å².